The fourth-order valence-electron chi connectivity index (χ4n) is 1.75. The zero-order valence-corrected chi connectivity index (χ0v) is 9.62. The van der Waals surface area contributed by atoms with E-state index in [1.165, 1.54) is 7.11 Å². The maximum Gasteiger partial charge on any atom is 0.338 e. The molecule has 2 N–H and O–H groups in total. The van der Waals surface area contributed by atoms with Crippen LogP contribution in [0.25, 0.3) is 0 Å². The van der Waals surface area contributed by atoms with Gasteiger partial charge in [0.05, 0.1) is 7.11 Å². The molecule has 0 aromatic heterocycles. The lowest BCUT2D eigenvalue weighted by Gasteiger charge is -2.05. The zero-order chi connectivity index (χ0) is 11.5. The van der Waals surface area contributed by atoms with Crippen LogP contribution in [0.4, 0.5) is 4.79 Å². The fourth-order valence-corrected chi connectivity index (χ4v) is 1.95. The zero-order valence-electron chi connectivity index (χ0n) is 8.87. The van der Waals surface area contributed by atoms with Gasteiger partial charge in [-0.15, -0.1) is 0 Å². The largest absolute Gasteiger partial charge is 0.338 e. The molecule has 4 nitrogen and oxygen atoms in total. The highest BCUT2D eigenvalue weighted by Gasteiger charge is 2.39. The SMILES string of the molecule is CONC(=O)N[C@@H]1C[C@H]1c1cccc(Cl)c1. The second kappa shape index (κ2) is 4.72. The molecular formula is C11H13ClN2O2. The molecule has 16 heavy (non-hydrogen) atoms. The molecule has 1 saturated carbocycles. The van der Waals surface area contributed by atoms with Gasteiger partial charge in [0.1, 0.15) is 0 Å². The van der Waals surface area contributed by atoms with E-state index in [4.69, 9.17) is 11.6 Å². The Labute approximate surface area is 98.9 Å². The Morgan fingerprint density at radius 1 is 1.56 bits per heavy atom. The van der Waals surface area contributed by atoms with Crippen LogP contribution in [0.5, 0.6) is 0 Å². The van der Waals surface area contributed by atoms with Gasteiger partial charge in [-0.1, -0.05) is 23.7 Å². The summed E-state index contributed by atoms with van der Waals surface area (Å²) in [7, 11) is 1.40. The number of carbonyl (C=O) groups is 1. The van der Waals surface area contributed by atoms with Crippen LogP contribution in [0.2, 0.25) is 5.02 Å². The Morgan fingerprint density at radius 3 is 3.06 bits per heavy atom. The van der Waals surface area contributed by atoms with Crippen molar-refractivity contribution >= 4 is 17.6 Å². The number of nitrogens with one attached hydrogen (secondary N) is 2. The Morgan fingerprint density at radius 2 is 2.38 bits per heavy atom. The summed E-state index contributed by atoms with van der Waals surface area (Å²) in [6.45, 7) is 0. The molecule has 1 fully saturated rings. The second-order valence-electron chi connectivity index (χ2n) is 3.78. The molecule has 1 aliphatic carbocycles. The molecule has 0 spiro atoms. The normalized spacial score (nSPS) is 22.6. The molecular weight excluding hydrogens is 228 g/mol. The van der Waals surface area contributed by atoms with Gasteiger partial charge in [-0.25, -0.2) is 10.3 Å². The van der Waals surface area contributed by atoms with Crippen molar-refractivity contribution in [1.82, 2.24) is 10.8 Å². The van der Waals surface area contributed by atoms with Gasteiger partial charge >= 0.3 is 6.03 Å². The minimum absolute atomic E-state index is 0.175. The monoisotopic (exact) mass is 240 g/mol. The first-order valence-corrected chi connectivity index (χ1v) is 5.43. The Kier molecular flexibility index (Phi) is 3.31. The molecule has 0 aliphatic heterocycles. The average Bonchev–Trinajstić information content (AvgIpc) is 2.97. The van der Waals surface area contributed by atoms with E-state index in [2.05, 4.69) is 15.6 Å². The summed E-state index contributed by atoms with van der Waals surface area (Å²) in [5, 5.41) is 3.53. The van der Waals surface area contributed by atoms with E-state index in [1.807, 2.05) is 24.3 Å². The predicted molar refractivity (Wildman–Crippen MR) is 61.3 cm³/mol. The number of hydrogen-bond donors (Lipinski definition) is 2. The molecule has 1 aromatic rings. The van der Waals surface area contributed by atoms with Crippen molar-refractivity contribution in [1.29, 1.82) is 0 Å². The number of urea groups is 1. The van der Waals surface area contributed by atoms with Gasteiger partial charge in [0.2, 0.25) is 0 Å². The topological polar surface area (TPSA) is 50.4 Å². The van der Waals surface area contributed by atoms with Gasteiger partial charge in [0, 0.05) is 17.0 Å². The van der Waals surface area contributed by atoms with E-state index < -0.39 is 0 Å². The van der Waals surface area contributed by atoms with Crippen molar-refractivity contribution in [2.75, 3.05) is 7.11 Å². The number of halogens is 1. The molecule has 2 atom stereocenters. The summed E-state index contributed by atoms with van der Waals surface area (Å²) < 4.78 is 0. The highest BCUT2D eigenvalue weighted by molar-refractivity contribution is 6.30. The van der Waals surface area contributed by atoms with Crippen LogP contribution in [0.15, 0.2) is 24.3 Å². The second-order valence-corrected chi connectivity index (χ2v) is 4.22. The molecule has 0 heterocycles. The summed E-state index contributed by atoms with van der Waals surface area (Å²) in [4.78, 5) is 15.7. The summed E-state index contributed by atoms with van der Waals surface area (Å²) >= 11 is 5.90. The van der Waals surface area contributed by atoms with Gasteiger partial charge in [-0.2, -0.15) is 0 Å². The van der Waals surface area contributed by atoms with Gasteiger partial charge in [0.25, 0.3) is 0 Å². The third kappa shape index (κ3) is 2.65. The van der Waals surface area contributed by atoms with Crippen molar-refractivity contribution in [2.24, 2.45) is 0 Å². The number of amides is 2. The number of rotatable bonds is 3. The van der Waals surface area contributed by atoms with Crippen LogP contribution in [-0.2, 0) is 4.84 Å². The van der Waals surface area contributed by atoms with E-state index in [0.29, 0.717) is 5.92 Å². The molecule has 2 rings (SSSR count). The molecule has 1 aromatic carbocycles. The molecule has 1 aliphatic rings. The first-order valence-electron chi connectivity index (χ1n) is 5.05. The van der Waals surface area contributed by atoms with Gasteiger partial charge < -0.3 is 5.32 Å². The lowest BCUT2D eigenvalue weighted by atomic mass is 10.1. The molecule has 86 valence electrons. The highest BCUT2D eigenvalue weighted by atomic mass is 35.5. The summed E-state index contributed by atoms with van der Waals surface area (Å²) in [5.41, 5.74) is 3.39. The Bertz CT molecular complexity index is 397. The number of benzene rings is 1. The standard InChI is InChI=1S/C11H13ClN2O2/c1-16-14-11(15)13-10-6-9(10)7-3-2-4-8(12)5-7/h2-5,9-10H,6H2,1H3,(H2,13,14,15)/t9-,10+/m0/s1. The minimum atomic E-state index is -0.308. The van der Waals surface area contributed by atoms with Gasteiger partial charge in [0.15, 0.2) is 0 Å². The third-order valence-electron chi connectivity index (χ3n) is 2.58. The van der Waals surface area contributed by atoms with Gasteiger partial charge in [-0.3, -0.25) is 4.84 Å². The number of hydroxylamine groups is 1. The molecule has 0 unspecified atom stereocenters. The third-order valence-corrected chi connectivity index (χ3v) is 2.81. The first-order chi connectivity index (χ1) is 7.70. The minimum Gasteiger partial charge on any atom is -0.333 e. The smallest absolute Gasteiger partial charge is 0.333 e. The van der Waals surface area contributed by atoms with Crippen molar-refractivity contribution < 1.29 is 9.63 Å². The van der Waals surface area contributed by atoms with Gasteiger partial charge in [-0.05, 0) is 24.1 Å². The highest BCUT2D eigenvalue weighted by Crippen LogP contribution is 2.41. The maximum atomic E-state index is 11.2. The summed E-state index contributed by atoms with van der Waals surface area (Å²) in [6.07, 6.45) is 0.942. The van der Waals surface area contributed by atoms with Crippen LogP contribution in [-0.4, -0.2) is 19.2 Å². The summed E-state index contributed by atoms with van der Waals surface area (Å²) in [6, 6.07) is 7.58. The molecule has 0 saturated heterocycles. The lowest BCUT2D eigenvalue weighted by molar-refractivity contribution is 0.107. The van der Waals surface area contributed by atoms with E-state index in [1.54, 1.807) is 0 Å². The van der Waals surface area contributed by atoms with E-state index >= 15 is 0 Å². The van der Waals surface area contributed by atoms with Crippen LogP contribution < -0.4 is 10.8 Å². The molecule has 0 bridgehead atoms. The van der Waals surface area contributed by atoms with Crippen LogP contribution in [0.1, 0.15) is 17.9 Å². The van der Waals surface area contributed by atoms with Crippen molar-refractivity contribution in [2.45, 2.75) is 18.4 Å². The summed E-state index contributed by atoms with van der Waals surface area (Å²) in [5.74, 6) is 0.362. The van der Waals surface area contributed by atoms with Crippen LogP contribution in [0, 0.1) is 0 Å². The molecule has 0 radical (unpaired) electrons. The molecule has 5 heteroatoms. The average molecular weight is 241 g/mol. The predicted octanol–water partition coefficient (Wildman–Crippen LogP) is 2.06. The number of hydrogen-bond acceptors (Lipinski definition) is 2. The number of carbonyl (C=O) groups excluding carboxylic acids is 1. The Balaban J connectivity index is 1.89. The van der Waals surface area contributed by atoms with E-state index in [0.717, 1.165) is 17.0 Å². The van der Waals surface area contributed by atoms with Crippen LogP contribution in [0.3, 0.4) is 0 Å². The van der Waals surface area contributed by atoms with Crippen molar-refractivity contribution in [3.05, 3.63) is 34.9 Å². The fraction of sp³-hybridized carbons (Fsp3) is 0.364. The molecule has 2 amide bonds. The van der Waals surface area contributed by atoms with Crippen LogP contribution >= 0.6 is 11.6 Å². The maximum absolute atomic E-state index is 11.2. The van der Waals surface area contributed by atoms with Crippen molar-refractivity contribution in [3.63, 3.8) is 0 Å². The first kappa shape index (κ1) is 11.2. The quantitative estimate of drug-likeness (QED) is 0.795. The van der Waals surface area contributed by atoms with E-state index in [9.17, 15) is 4.79 Å². The van der Waals surface area contributed by atoms with E-state index in [-0.39, 0.29) is 12.1 Å². The van der Waals surface area contributed by atoms with Crippen molar-refractivity contribution in [3.8, 4) is 0 Å². The lowest BCUT2D eigenvalue weighted by Crippen LogP contribution is -2.36. The Hall–Kier alpha value is -1.26.